The normalized spacial score (nSPS) is 15.7. The van der Waals surface area contributed by atoms with Crippen molar-refractivity contribution in [2.24, 2.45) is 0 Å². The molecule has 3 rings (SSSR count). The second-order valence-electron chi connectivity index (χ2n) is 5.80. The van der Waals surface area contributed by atoms with Gasteiger partial charge in [0.15, 0.2) is 0 Å². The van der Waals surface area contributed by atoms with E-state index in [1.807, 2.05) is 6.92 Å². The Morgan fingerprint density at radius 3 is 2.09 bits per heavy atom. The number of hydrogen-bond donors (Lipinski definition) is 1. The first kappa shape index (κ1) is 15.2. The van der Waals surface area contributed by atoms with Crippen LogP contribution < -0.4 is 0 Å². The number of aliphatic hydroxyl groups is 1. The van der Waals surface area contributed by atoms with Crippen molar-refractivity contribution in [2.45, 2.75) is 26.1 Å². The highest BCUT2D eigenvalue weighted by Crippen LogP contribution is 2.32. The lowest BCUT2D eigenvalue weighted by Crippen LogP contribution is -2.33. The van der Waals surface area contributed by atoms with E-state index in [2.05, 4.69) is 53.4 Å². The van der Waals surface area contributed by atoms with Crippen LogP contribution >= 0.6 is 0 Å². The molecule has 0 aliphatic carbocycles. The molecule has 2 aromatic rings. The first-order valence-corrected chi connectivity index (χ1v) is 7.92. The van der Waals surface area contributed by atoms with Gasteiger partial charge in [0.2, 0.25) is 0 Å². The maximum Gasteiger partial charge on any atom is 0.0900 e. The fourth-order valence-corrected chi connectivity index (χ4v) is 3.11. The molecule has 1 unspecified atom stereocenters. The summed E-state index contributed by atoms with van der Waals surface area (Å²) in [5.74, 6) is 0. The highest BCUT2D eigenvalue weighted by atomic mass is 16.5. The van der Waals surface area contributed by atoms with Crippen LogP contribution in [0, 0.1) is 0 Å². The Morgan fingerprint density at radius 1 is 1.00 bits per heavy atom. The van der Waals surface area contributed by atoms with Crippen LogP contribution in [0.15, 0.2) is 48.5 Å². The van der Waals surface area contributed by atoms with E-state index in [4.69, 9.17) is 4.74 Å². The number of ether oxygens (including phenoxy) is 1. The van der Waals surface area contributed by atoms with Crippen LogP contribution in [0.4, 0.5) is 0 Å². The summed E-state index contributed by atoms with van der Waals surface area (Å²) in [5.41, 5.74) is 5.24. The van der Waals surface area contributed by atoms with Crippen LogP contribution in [0.25, 0.3) is 11.1 Å². The molecule has 0 bridgehead atoms. The number of benzene rings is 2. The fourth-order valence-electron chi connectivity index (χ4n) is 3.11. The van der Waals surface area contributed by atoms with Crippen molar-refractivity contribution < 1.29 is 9.84 Å². The van der Waals surface area contributed by atoms with Crippen LogP contribution in [0.5, 0.6) is 0 Å². The SMILES string of the molecule is CCOCC(O)CN1Cc2ccccc2-c2ccccc2C1. The largest absolute Gasteiger partial charge is 0.389 e. The third kappa shape index (κ3) is 3.38. The number of hydrogen-bond acceptors (Lipinski definition) is 3. The van der Waals surface area contributed by atoms with Crippen LogP contribution in [0.2, 0.25) is 0 Å². The molecular formula is C19H23NO2. The van der Waals surface area contributed by atoms with Gasteiger partial charge in [-0.05, 0) is 29.2 Å². The summed E-state index contributed by atoms with van der Waals surface area (Å²) in [6.45, 7) is 5.33. The maximum atomic E-state index is 10.2. The molecule has 0 saturated heterocycles. The van der Waals surface area contributed by atoms with Gasteiger partial charge in [0.1, 0.15) is 0 Å². The van der Waals surface area contributed by atoms with Crippen LogP contribution in [0.3, 0.4) is 0 Å². The molecule has 0 fully saturated rings. The topological polar surface area (TPSA) is 32.7 Å². The Bertz CT molecular complexity index is 579. The van der Waals surface area contributed by atoms with E-state index >= 15 is 0 Å². The third-order valence-corrected chi connectivity index (χ3v) is 4.10. The molecule has 116 valence electrons. The molecule has 0 aromatic heterocycles. The first-order valence-electron chi connectivity index (χ1n) is 7.92. The summed E-state index contributed by atoms with van der Waals surface area (Å²) in [5, 5.41) is 10.2. The van der Waals surface area contributed by atoms with Gasteiger partial charge in [0, 0.05) is 26.2 Å². The van der Waals surface area contributed by atoms with E-state index in [1.54, 1.807) is 0 Å². The molecule has 1 atom stereocenters. The van der Waals surface area contributed by atoms with E-state index in [0.29, 0.717) is 19.8 Å². The quantitative estimate of drug-likeness (QED) is 0.920. The van der Waals surface area contributed by atoms with Crippen molar-refractivity contribution in [2.75, 3.05) is 19.8 Å². The van der Waals surface area contributed by atoms with Crippen LogP contribution in [0.1, 0.15) is 18.1 Å². The average molecular weight is 297 g/mol. The summed E-state index contributed by atoms with van der Waals surface area (Å²) in [6.07, 6.45) is -0.447. The van der Waals surface area contributed by atoms with Gasteiger partial charge in [-0.15, -0.1) is 0 Å². The lowest BCUT2D eigenvalue weighted by Gasteiger charge is -2.24. The minimum atomic E-state index is -0.447. The molecule has 1 aliphatic rings. The predicted molar refractivity (Wildman–Crippen MR) is 88.5 cm³/mol. The van der Waals surface area contributed by atoms with Crippen molar-refractivity contribution in [1.29, 1.82) is 0 Å². The molecular weight excluding hydrogens is 274 g/mol. The Hall–Kier alpha value is -1.68. The molecule has 3 heteroatoms. The fraction of sp³-hybridized carbons (Fsp3) is 0.368. The van der Waals surface area contributed by atoms with Gasteiger partial charge in [0.05, 0.1) is 12.7 Å². The lowest BCUT2D eigenvalue weighted by molar-refractivity contribution is 0.0182. The van der Waals surface area contributed by atoms with Gasteiger partial charge in [-0.1, -0.05) is 48.5 Å². The summed E-state index contributed by atoms with van der Waals surface area (Å²) < 4.78 is 5.33. The van der Waals surface area contributed by atoms with Crippen molar-refractivity contribution in [1.82, 2.24) is 4.90 Å². The lowest BCUT2D eigenvalue weighted by atomic mass is 9.97. The minimum Gasteiger partial charge on any atom is -0.389 e. The van der Waals surface area contributed by atoms with Crippen LogP contribution in [-0.4, -0.2) is 35.9 Å². The van der Waals surface area contributed by atoms with E-state index in [1.165, 1.54) is 22.3 Å². The average Bonchev–Trinajstić information content (AvgIpc) is 2.69. The summed E-state index contributed by atoms with van der Waals surface area (Å²) >= 11 is 0. The van der Waals surface area contributed by atoms with Gasteiger partial charge >= 0.3 is 0 Å². The Labute approximate surface area is 132 Å². The number of nitrogens with zero attached hydrogens (tertiary/aromatic N) is 1. The van der Waals surface area contributed by atoms with Gasteiger partial charge in [-0.25, -0.2) is 0 Å². The Morgan fingerprint density at radius 2 is 1.55 bits per heavy atom. The Balaban J connectivity index is 1.86. The highest BCUT2D eigenvalue weighted by Gasteiger charge is 2.20. The van der Waals surface area contributed by atoms with Crippen LogP contribution in [-0.2, 0) is 17.8 Å². The summed E-state index contributed by atoms with van der Waals surface area (Å²) in [4.78, 5) is 2.30. The van der Waals surface area contributed by atoms with Crippen molar-refractivity contribution >= 4 is 0 Å². The van der Waals surface area contributed by atoms with Gasteiger partial charge in [0.25, 0.3) is 0 Å². The molecule has 22 heavy (non-hydrogen) atoms. The standard InChI is InChI=1S/C19H23NO2/c1-2-22-14-17(21)13-20-11-15-7-3-5-9-18(15)19-10-6-4-8-16(19)12-20/h3-10,17,21H,2,11-14H2,1H3. The molecule has 0 radical (unpaired) electrons. The smallest absolute Gasteiger partial charge is 0.0900 e. The molecule has 1 heterocycles. The summed E-state index contributed by atoms with van der Waals surface area (Å²) in [7, 11) is 0. The summed E-state index contributed by atoms with van der Waals surface area (Å²) in [6, 6.07) is 17.1. The molecule has 0 saturated carbocycles. The molecule has 0 amide bonds. The zero-order valence-electron chi connectivity index (χ0n) is 13.0. The molecule has 1 aliphatic heterocycles. The number of aliphatic hydroxyl groups excluding tert-OH is 1. The highest BCUT2D eigenvalue weighted by molar-refractivity contribution is 5.71. The minimum absolute atomic E-state index is 0.399. The van der Waals surface area contributed by atoms with Gasteiger partial charge < -0.3 is 9.84 Å². The van der Waals surface area contributed by atoms with Gasteiger partial charge in [-0.3, -0.25) is 4.90 Å². The molecule has 2 aromatic carbocycles. The van der Waals surface area contributed by atoms with Crippen molar-refractivity contribution in [3.05, 3.63) is 59.7 Å². The second kappa shape index (κ2) is 7.05. The second-order valence-corrected chi connectivity index (χ2v) is 5.80. The van der Waals surface area contributed by atoms with E-state index in [0.717, 1.165) is 13.1 Å². The zero-order chi connectivity index (χ0) is 15.4. The first-order chi connectivity index (χ1) is 10.8. The maximum absolute atomic E-state index is 10.2. The Kier molecular flexibility index (Phi) is 4.88. The monoisotopic (exact) mass is 297 g/mol. The van der Waals surface area contributed by atoms with E-state index < -0.39 is 6.10 Å². The zero-order valence-corrected chi connectivity index (χ0v) is 13.0. The molecule has 3 nitrogen and oxygen atoms in total. The molecule has 1 N–H and O–H groups in total. The van der Waals surface area contributed by atoms with Crippen molar-refractivity contribution in [3.63, 3.8) is 0 Å². The third-order valence-electron chi connectivity index (χ3n) is 4.10. The predicted octanol–water partition coefficient (Wildman–Crippen LogP) is 3.07. The van der Waals surface area contributed by atoms with Crippen molar-refractivity contribution in [3.8, 4) is 11.1 Å². The van der Waals surface area contributed by atoms with E-state index in [9.17, 15) is 5.11 Å². The molecule has 0 spiro atoms. The number of β-amino-alcohol motifs (C(OH)–C–C–N with tert-alkyl or cyclic N) is 1. The number of rotatable bonds is 5. The number of fused-ring (bicyclic) bond motifs is 3. The van der Waals surface area contributed by atoms with E-state index in [-0.39, 0.29) is 0 Å². The van der Waals surface area contributed by atoms with Gasteiger partial charge in [-0.2, -0.15) is 0 Å².